The Kier molecular flexibility index (Phi) is 31.4. The Hall–Kier alpha value is -1.39. The van der Waals surface area contributed by atoms with Crippen molar-refractivity contribution in [2.45, 2.75) is 225 Å². The van der Waals surface area contributed by atoms with Gasteiger partial charge in [0.1, 0.15) is 19.8 Å². The second-order valence-corrected chi connectivity index (χ2v) is 18.9. The summed E-state index contributed by atoms with van der Waals surface area (Å²) in [7, 11) is 1.45. The predicted octanol–water partition coefficient (Wildman–Crippen LogP) is 12.6. The van der Waals surface area contributed by atoms with Gasteiger partial charge in [0, 0.05) is 12.8 Å². The maximum atomic E-state index is 12.8. The number of ether oxygens (including phenoxy) is 2. The van der Waals surface area contributed by atoms with Gasteiger partial charge in [-0.15, -0.1) is 0 Å². The van der Waals surface area contributed by atoms with E-state index in [2.05, 4.69) is 24.1 Å². The topological polar surface area (TPSA) is 133 Å². The molecule has 2 atom stereocenters. The molecule has 0 fully saturated rings. The Labute approximate surface area is 343 Å². The number of likely N-dealkylation sites (N-methyl/N-ethyl adjacent to an activating group) is 1. The highest BCUT2D eigenvalue weighted by Crippen LogP contribution is 2.43. The highest BCUT2D eigenvalue weighted by Gasteiger charge is 2.38. The minimum atomic E-state index is -4.39. The number of esters is 2. The summed E-state index contributed by atoms with van der Waals surface area (Å²) in [5.74, 6) is -0.846. The van der Waals surface area contributed by atoms with Crippen LogP contribution in [0, 0.1) is 0 Å². The lowest BCUT2D eigenvalue weighted by molar-refractivity contribution is -0.870. The highest BCUT2D eigenvalue weighted by atomic mass is 31.2. The van der Waals surface area contributed by atoms with Gasteiger partial charge in [0.15, 0.2) is 11.8 Å². The molecule has 0 amide bonds. The Bertz CT molecular complexity index is 1050. The van der Waals surface area contributed by atoms with Gasteiger partial charge < -0.3 is 18.9 Å². The zero-order chi connectivity index (χ0) is 41.2. The Morgan fingerprint density at radius 3 is 1.41 bits per heavy atom. The number of unbranched alkanes of at least 4 members (excludes halogenated alkanes) is 24. The van der Waals surface area contributed by atoms with Crippen LogP contribution in [-0.4, -0.2) is 80.6 Å². The van der Waals surface area contributed by atoms with E-state index in [-0.39, 0.29) is 37.7 Å². The molecule has 1 aliphatic rings. The minimum absolute atomic E-state index is 0.0230. The third-order valence-corrected chi connectivity index (χ3v) is 11.7. The molecular formula is C44H87N3O8P+. The molecule has 12 heteroatoms. The van der Waals surface area contributed by atoms with Gasteiger partial charge in [-0.2, -0.15) is 10.2 Å². The van der Waals surface area contributed by atoms with Crippen molar-refractivity contribution in [1.82, 2.24) is 0 Å². The van der Waals surface area contributed by atoms with Gasteiger partial charge in [-0.05, 0) is 38.5 Å². The summed E-state index contributed by atoms with van der Waals surface area (Å²) < 4.78 is 34.4. The maximum absolute atomic E-state index is 12.8. The van der Waals surface area contributed by atoms with Gasteiger partial charge in [-0.1, -0.05) is 162 Å². The van der Waals surface area contributed by atoms with Gasteiger partial charge in [-0.3, -0.25) is 18.6 Å². The number of phosphoric ester groups is 1. The van der Waals surface area contributed by atoms with E-state index in [9.17, 15) is 19.0 Å². The Balaban J connectivity index is 2.32. The van der Waals surface area contributed by atoms with E-state index in [0.717, 1.165) is 44.9 Å². The summed E-state index contributed by atoms with van der Waals surface area (Å²) in [6, 6.07) is 0. The molecule has 1 aliphatic heterocycles. The zero-order valence-corrected chi connectivity index (χ0v) is 37.8. The number of carbonyl (C=O) groups excluding carboxylic acids is 2. The molecule has 0 spiro atoms. The SMILES string of the molecule is CCCCCCCCCCCCCCCCCC(=O)OCC(COP(=O)(O)OCC[N+](C)(C)C)OC(=O)CCCCC1(CCCCCCCCCCCC)N=N1. The second kappa shape index (κ2) is 33.4. The first-order chi connectivity index (χ1) is 26.9. The lowest BCUT2D eigenvalue weighted by atomic mass is 9.98. The third kappa shape index (κ3) is 33.6. The van der Waals surface area contributed by atoms with E-state index >= 15 is 0 Å². The summed E-state index contributed by atoms with van der Waals surface area (Å²) in [6.07, 6.45) is 34.3. The number of quaternary nitrogens is 1. The predicted molar refractivity (Wildman–Crippen MR) is 228 cm³/mol. The molecule has 1 heterocycles. The van der Waals surface area contributed by atoms with Crippen LogP contribution >= 0.6 is 7.82 Å². The molecule has 2 unspecified atom stereocenters. The van der Waals surface area contributed by atoms with Crippen LogP contribution in [0.25, 0.3) is 0 Å². The van der Waals surface area contributed by atoms with Crippen LogP contribution < -0.4 is 0 Å². The highest BCUT2D eigenvalue weighted by molar-refractivity contribution is 7.47. The molecule has 0 aromatic rings. The van der Waals surface area contributed by atoms with Gasteiger partial charge in [0.05, 0.1) is 27.7 Å². The number of rotatable bonds is 42. The van der Waals surface area contributed by atoms with Crippen molar-refractivity contribution in [3.63, 3.8) is 0 Å². The quantitative estimate of drug-likeness (QED) is 0.0279. The fourth-order valence-electron chi connectivity index (χ4n) is 6.87. The Morgan fingerprint density at radius 1 is 0.571 bits per heavy atom. The van der Waals surface area contributed by atoms with Gasteiger partial charge in [0.25, 0.3) is 0 Å². The fourth-order valence-corrected chi connectivity index (χ4v) is 7.61. The van der Waals surface area contributed by atoms with Crippen molar-refractivity contribution >= 4 is 19.8 Å². The summed E-state index contributed by atoms with van der Waals surface area (Å²) in [5.41, 5.74) is -0.268. The first-order valence-electron chi connectivity index (χ1n) is 23.1. The standard InChI is InChI=1S/C44H86N3O8P/c1-6-8-10-12-14-16-18-19-20-21-22-23-25-27-29-33-42(48)52-39-41(40-54-56(50,51)53-38-37-47(3,4)5)55-43(49)34-30-32-36-44(45-46-44)35-31-28-26-24-17-15-13-11-9-7-2/h41H,6-40H2,1-5H3/p+1. The number of hydrogen-bond acceptors (Lipinski definition) is 9. The van der Waals surface area contributed by atoms with Crippen LogP contribution in [0.3, 0.4) is 0 Å². The minimum Gasteiger partial charge on any atom is -0.462 e. The van der Waals surface area contributed by atoms with Crippen molar-refractivity contribution in [3.05, 3.63) is 0 Å². The molecule has 1 N–H and O–H groups in total. The molecule has 0 bridgehead atoms. The lowest BCUT2D eigenvalue weighted by Gasteiger charge is -2.24. The van der Waals surface area contributed by atoms with Crippen molar-refractivity contribution in [2.24, 2.45) is 10.2 Å². The van der Waals surface area contributed by atoms with E-state index in [1.54, 1.807) is 0 Å². The molecule has 11 nitrogen and oxygen atoms in total. The molecular weight excluding hydrogens is 729 g/mol. The maximum Gasteiger partial charge on any atom is 0.472 e. The van der Waals surface area contributed by atoms with Crippen LogP contribution in [-0.2, 0) is 32.7 Å². The molecule has 0 aromatic heterocycles. The average Bonchev–Trinajstić information content (AvgIpc) is 3.92. The van der Waals surface area contributed by atoms with E-state index in [1.165, 1.54) is 135 Å². The van der Waals surface area contributed by atoms with Crippen LogP contribution in [0.4, 0.5) is 0 Å². The van der Waals surface area contributed by atoms with Crippen LogP contribution in [0.2, 0.25) is 0 Å². The average molecular weight is 817 g/mol. The smallest absolute Gasteiger partial charge is 0.462 e. The number of hydrogen-bond donors (Lipinski definition) is 1. The molecule has 1 rings (SSSR count). The number of nitrogens with zero attached hydrogens (tertiary/aromatic N) is 3. The second-order valence-electron chi connectivity index (χ2n) is 17.4. The summed E-state index contributed by atoms with van der Waals surface area (Å²) >= 11 is 0. The van der Waals surface area contributed by atoms with Crippen LogP contribution in [0.1, 0.15) is 213 Å². The van der Waals surface area contributed by atoms with Crippen LogP contribution in [0.5, 0.6) is 0 Å². The molecule has 0 saturated heterocycles. The largest absolute Gasteiger partial charge is 0.472 e. The summed E-state index contributed by atoms with van der Waals surface area (Å²) in [4.78, 5) is 35.6. The van der Waals surface area contributed by atoms with E-state index in [0.29, 0.717) is 17.4 Å². The van der Waals surface area contributed by atoms with E-state index in [1.807, 2.05) is 21.1 Å². The van der Waals surface area contributed by atoms with Crippen molar-refractivity contribution < 1.29 is 42.1 Å². The van der Waals surface area contributed by atoms with Crippen molar-refractivity contribution in [2.75, 3.05) is 47.5 Å². The molecule has 330 valence electrons. The molecule has 0 aromatic carbocycles. The van der Waals surface area contributed by atoms with Gasteiger partial charge >= 0.3 is 19.8 Å². The lowest BCUT2D eigenvalue weighted by Crippen LogP contribution is -2.37. The molecule has 0 saturated carbocycles. The summed E-state index contributed by atoms with van der Waals surface area (Å²) in [6.45, 7) is 4.37. The van der Waals surface area contributed by atoms with Crippen molar-refractivity contribution in [3.8, 4) is 0 Å². The van der Waals surface area contributed by atoms with Crippen molar-refractivity contribution in [1.29, 1.82) is 0 Å². The van der Waals surface area contributed by atoms with E-state index < -0.39 is 26.5 Å². The molecule has 56 heavy (non-hydrogen) atoms. The van der Waals surface area contributed by atoms with Gasteiger partial charge in [0.2, 0.25) is 0 Å². The van der Waals surface area contributed by atoms with Crippen LogP contribution in [0.15, 0.2) is 10.2 Å². The molecule has 0 aliphatic carbocycles. The summed E-state index contributed by atoms with van der Waals surface area (Å²) in [5, 5.41) is 8.68. The van der Waals surface area contributed by atoms with Gasteiger partial charge in [-0.25, -0.2) is 4.57 Å². The number of phosphoric acid groups is 1. The monoisotopic (exact) mass is 817 g/mol. The number of carbonyl (C=O) groups is 2. The fraction of sp³-hybridized carbons (Fsp3) is 0.955. The Morgan fingerprint density at radius 2 is 0.964 bits per heavy atom. The first-order valence-corrected chi connectivity index (χ1v) is 24.6. The zero-order valence-electron chi connectivity index (χ0n) is 36.9. The molecule has 0 radical (unpaired) electrons. The van der Waals surface area contributed by atoms with E-state index in [4.69, 9.17) is 18.5 Å². The normalized spacial score (nSPS) is 15.1. The first kappa shape index (κ1) is 52.6. The third-order valence-electron chi connectivity index (χ3n) is 10.7.